The highest BCUT2D eigenvalue weighted by Gasteiger charge is 2.38. The molecule has 1 fully saturated rings. The van der Waals surface area contributed by atoms with Crippen LogP contribution in [0.15, 0.2) is 66.4 Å². The Hall–Kier alpha value is -4.53. The molecule has 2 heterocycles. The van der Waals surface area contributed by atoms with Gasteiger partial charge >= 0.3 is 6.03 Å². The zero-order valence-electron chi connectivity index (χ0n) is 19.6. The molecule has 0 saturated carbocycles. The van der Waals surface area contributed by atoms with Gasteiger partial charge in [0.25, 0.3) is 11.8 Å². The molecule has 2 aromatic carbocycles. The molecular weight excluding hydrogens is 450 g/mol. The van der Waals surface area contributed by atoms with Crippen LogP contribution in [0.5, 0.6) is 17.2 Å². The quantitative estimate of drug-likeness (QED) is 0.391. The standard InChI is InChI=1S/C26H25N3O6/c1-4-34-20-12-13-22(23(16-20)35-5-2)29-25(31)21(24(30)27-26(29)32)15-18-7-6-14-28(18)17-8-10-19(33-3)11-9-17/h6-16H,4-5H2,1-3H3,(H,27,30,32)/b21-15+. The number of nitrogens with zero attached hydrogens (tertiary/aromatic N) is 2. The minimum atomic E-state index is -0.854. The summed E-state index contributed by atoms with van der Waals surface area (Å²) >= 11 is 0. The fourth-order valence-corrected chi connectivity index (χ4v) is 3.72. The number of hydrogen-bond acceptors (Lipinski definition) is 6. The fraction of sp³-hybridized carbons (Fsp3) is 0.192. The highest BCUT2D eigenvalue weighted by Crippen LogP contribution is 2.35. The molecule has 4 amide bonds. The van der Waals surface area contributed by atoms with Crippen molar-refractivity contribution in [1.29, 1.82) is 0 Å². The van der Waals surface area contributed by atoms with Gasteiger partial charge in [0.15, 0.2) is 0 Å². The lowest BCUT2D eigenvalue weighted by Crippen LogP contribution is -2.54. The van der Waals surface area contributed by atoms with E-state index in [-0.39, 0.29) is 17.0 Å². The van der Waals surface area contributed by atoms with Crippen molar-refractivity contribution in [3.63, 3.8) is 0 Å². The number of imide groups is 2. The summed E-state index contributed by atoms with van der Waals surface area (Å²) in [6.07, 6.45) is 3.26. The Morgan fingerprint density at radius 1 is 0.914 bits per heavy atom. The third-order valence-corrected chi connectivity index (χ3v) is 5.31. The first kappa shape index (κ1) is 23.6. The van der Waals surface area contributed by atoms with Crippen molar-refractivity contribution in [2.45, 2.75) is 13.8 Å². The Bertz CT molecular complexity index is 1290. The Morgan fingerprint density at radius 3 is 2.31 bits per heavy atom. The maximum absolute atomic E-state index is 13.4. The topological polar surface area (TPSA) is 99.1 Å². The largest absolute Gasteiger partial charge is 0.497 e. The maximum Gasteiger partial charge on any atom is 0.336 e. The number of amides is 4. The van der Waals surface area contributed by atoms with Crippen molar-refractivity contribution in [2.24, 2.45) is 0 Å². The molecular formula is C26H25N3O6. The van der Waals surface area contributed by atoms with Crippen LogP contribution in [-0.4, -0.2) is 42.7 Å². The van der Waals surface area contributed by atoms with Crippen molar-refractivity contribution in [1.82, 2.24) is 9.88 Å². The molecule has 1 aliphatic heterocycles. The highest BCUT2D eigenvalue weighted by molar-refractivity contribution is 6.39. The van der Waals surface area contributed by atoms with E-state index in [0.717, 1.165) is 10.6 Å². The second-order valence-electron chi connectivity index (χ2n) is 7.45. The molecule has 180 valence electrons. The van der Waals surface area contributed by atoms with Crippen molar-refractivity contribution < 1.29 is 28.6 Å². The highest BCUT2D eigenvalue weighted by atomic mass is 16.5. The zero-order valence-corrected chi connectivity index (χ0v) is 19.6. The van der Waals surface area contributed by atoms with E-state index < -0.39 is 17.8 Å². The number of aromatic nitrogens is 1. The maximum atomic E-state index is 13.4. The lowest BCUT2D eigenvalue weighted by molar-refractivity contribution is -0.122. The number of carbonyl (C=O) groups excluding carboxylic acids is 3. The number of nitrogens with one attached hydrogen (secondary N) is 1. The molecule has 0 unspecified atom stereocenters. The van der Waals surface area contributed by atoms with Gasteiger partial charge in [-0.15, -0.1) is 0 Å². The molecule has 0 aliphatic carbocycles. The van der Waals surface area contributed by atoms with Gasteiger partial charge in [-0.3, -0.25) is 14.9 Å². The average Bonchev–Trinajstić information content (AvgIpc) is 3.31. The summed E-state index contributed by atoms with van der Waals surface area (Å²) in [4.78, 5) is 39.7. The van der Waals surface area contributed by atoms with E-state index in [1.807, 2.05) is 42.0 Å². The molecule has 1 aliphatic rings. The van der Waals surface area contributed by atoms with Crippen molar-refractivity contribution >= 4 is 29.6 Å². The summed E-state index contributed by atoms with van der Waals surface area (Å²) in [5.74, 6) is -0.00258. The minimum Gasteiger partial charge on any atom is -0.497 e. The number of methoxy groups -OCH3 is 1. The van der Waals surface area contributed by atoms with Crippen LogP contribution < -0.4 is 24.4 Å². The van der Waals surface area contributed by atoms with Gasteiger partial charge in [-0.1, -0.05) is 0 Å². The van der Waals surface area contributed by atoms with Crippen LogP contribution in [-0.2, 0) is 9.59 Å². The monoisotopic (exact) mass is 475 g/mol. The Morgan fingerprint density at radius 2 is 1.63 bits per heavy atom. The number of urea groups is 1. The predicted molar refractivity (Wildman–Crippen MR) is 130 cm³/mol. The molecule has 0 spiro atoms. The van der Waals surface area contributed by atoms with Crippen LogP contribution in [0.1, 0.15) is 19.5 Å². The van der Waals surface area contributed by atoms with E-state index in [1.54, 1.807) is 44.4 Å². The van der Waals surface area contributed by atoms with E-state index in [4.69, 9.17) is 14.2 Å². The van der Waals surface area contributed by atoms with Crippen LogP contribution >= 0.6 is 0 Å². The zero-order chi connectivity index (χ0) is 24.9. The number of benzene rings is 2. The summed E-state index contributed by atoms with van der Waals surface area (Å²) in [7, 11) is 1.59. The molecule has 1 aromatic heterocycles. The number of hydrogen-bond donors (Lipinski definition) is 1. The lowest BCUT2D eigenvalue weighted by atomic mass is 10.1. The molecule has 3 aromatic rings. The fourth-order valence-electron chi connectivity index (χ4n) is 3.72. The number of anilines is 1. The van der Waals surface area contributed by atoms with Crippen molar-refractivity contribution in [3.05, 3.63) is 72.1 Å². The first-order valence-electron chi connectivity index (χ1n) is 11.1. The average molecular weight is 476 g/mol. The number of barbiturate groups is 1. The molecule has 0 bridgehead atoms. The molecule has 35 heavy (non-hydrogen) atoms. The van der Waals surface area contributed by atoms with E-state index in [2.05, 4.69) is 5.32 Å². The summed E-state index contributed by atoms with van der Waals surface area (Å²) in [5.41, 5.74) is 1.42. The van der Waals surface area contributed by atoms with E-state index in [9.17, 15) is 14.4 Å². The molecule has 9 nitrogen and oxygen atoms in total. The summed E-state index contributed by atoms with van der Waals surface area (Å²) in [6, 6.07) is 14.8. The normalized spacial score (nSPS) is 14.8. The van der Waals surface area contributed by atoms with Gasteiger partial charge in [0, 0.05) is 23.6 Å². The SMILES string of the molecule is CCOc1ccc(N2C(=O)NC(=O)/C(=C\c3cccn3-c3ccc(OC)cc3)C2=O)c(OCC)c1. The molecule has 0 radical (unpaired) electrons. The molecule has 0 atom stereocenters. The summed E-state index contributed by atoms with van der Waals surface area (Å²) in [6.45, 7) is 4.39. The first-order valence-corrected chi connectivity index (χ1v) is 11.1. The van der Waals surface area contributed by atoms with Crippen molar-refractivity contribution in [3.8, 4) is 22.9 Å². The molecule has 1 saturated heterocycles. The van der Waals surface area contributed by atoms with Gasteiger partial charge in [0.05, 0.1) is 26.0 Å². The minimum absolute atomic E-state index is 0.186. The van der Waals surface area contributed by atoms with E-state index >= 15 is 0 Å². The van der Waals surface area contributed by atoms with Gasteiger partial charge in [0.1, 0.15) is 22.8 Å². The number of rotatable bonds is 8. The van der Waals surface area contributed by atoms with Crippen LogP contribution in [0.4, 0.5) is 10.5 Å². The number of carbonyl (C=O) groups is 3. The summed E-state index contributed by atoms with van der Waals surface area (Å²) in [5, 5.41) is 2.25. The predicted octanol–water partition coefficient (Wildman–Crippen LogP) is 3.95. The van der Waals surface area contributed by atoms with Gasteiger partial charge in [-0.05, 0) is 68.5 Å². The third-order valence-electron chi connectivity index (χ3n) is 5.31. The van der Waals surface area contributed by atoms with Crippen LogP contribution in [0, 0.1) is 0 Å². The van der Waals surface area contributed by atoms with Gasteiger partial charge in [0.2, 0.25) is 0 Å². The Balaban J connectivity index is 1.72. The van der Waals surface area contributed by atoms with Gasteiger partial charge < -0.3 is 18.8 Å². The summed E-state index contributed by atoms with van der Waals surface area (Å²) < 4.78 is 18.2. The molecule has 9 heteroatoms. The third kappa shape index (κ3) is 4.74. The smallest absolute Gasteiger partial charge is 0.336 e. The van der Waals surface area contributed by atoms with Crippen molar-refractivity contribution in [2.75, 3.05) is 25.2 Å². The first-order chi connectivity index (χ1) is 17.0. The second-order valence-corrected chi connectivity index (χ2v) is 7.45. The van der Waals surface area contributed by atoms with Gasteiger partial charge in [-0.25, -0.2) is 9.69 Å². The van der Waals surface area contributed by atoms with Crippen LogP contribution in [0.3, 0.4) is 0 Å². The van der Waals surface area contributed by atoms with E-state index in [0.29, 0.717) is 30.4 Å². The Labute approximate surface area is 202 Å². The van der Waals surface area contributed by atoms with Gasteiger partial charge in [-0.2, -0.15) is 0 Å². The molecule has 1 N–H and O–H groups in total. The van der Waals surface area contributed by atoms with Crippen LogP contribution in [0.2, 0.25) is 0 Å². The lowest BCUT2D eigenvalue weighted by Gasteiger charge is -2.28. The molecule has 4 rings (SSSR count). The van der Waals surface area contributed by atoms with E-state index in [1.165, 1.54) is 6.08 Å². The van der Waals surface area contributed by atoms with Crippen LogP contribution in [0.25, 0.3) is 11.8 Å². The second kappa shape index (κ2) is 10.2. The number of ether oxygens (including phenoxy) is 3. The Kier molecular flexibility index (Phi) is 6.86.